The van der Waals surface area contributed by atoms with E-state index in [-0.39, 0.29) is 0 Å². The molecule has 0 radical (unpaired) electrons. The lowest BCUT2D eigenvalue weighted by Gasteiger charge is -2.01. The Hall–Kier alpha value is -1.61. The summed E-state index contributed by atoms with van der Waals surface area (Å²) in [5.41, 5.74) is 8.91. The summed E-state index contributed by atoms with van der Waals surface area (Å²) in [5.74, 6) is 0. The summed E-state index contributed by atoms with van der Waals surface area (Å²) in [5, 5.41) is 0. The average molecular weight is 174 g/mol. The maximum Gasteiger partial charge on any atom is 0.159 e. The number of hydrogen-bond donors (Lipinski definition) is 1. The van der Waals surface area contributed by atoms with Gasteiger partial charge >= 0.3 is 0 Å². The van der Waals surface area contributed by atoms with Crippen LogP contribution in [0.5, 0.6) is 0 Å². The highest BCUT2D eigenvalue weighted by Gasteiger charge is 2.06. The molecule has 2 heterocycles. The molecule has 3 nitrogen and oxygen atoms in total. The third kappa shape index (κ3) is 1.23. The Balaban J connectivity index is 2.67. The van der Waals surface area contributed by atoms with Crippen molar-refractivity contribution in [1.82, 2.24) is 4.98 Å². The van der Waals surface area contributed by atoms with Crippen molar-refractivity contribution in [1.29, 1.82) is 0 Å². The van der Waals surface area contributed by atoms with Gasteiger partial charge in [-0.3, -0.25) is 4.98 Å². The maximum atomic E-state index is 5.50. The first kappa shape index (κ1) is 8.01. The normalized spacial score (nSPS) is 10.5. The smallest absolute Gasteiger partial charge is 0.159 e. The van der Waals surface area contributed by atoms with Gasteiger partial charge in [0.15, 0.2) is 5.58 Å². The minimum absolute atomic E-state index is 0.430. The summed E-state index contributed by atoms with van der Waals surface area (Å²) in [6.45, 7) is 4.29. The zero-order valence-electron chi connectivity index (χ0n) is 7.16. The summed E-state index contributed by atoms with van der Waals surface area (Å²) in [7, 11) is 0. The van der Waals surface area contributed by atoms with Crippen LogP contribution in [0.25, 0.3) is 16.7 Å². The summed E-state index contributed by atoms with van der Waals surface area (Å²) < 4.78 is 5.29. The maximum absolute atomic E-state index is 5.50. The Morgan fingerprint density at radius 2 is 2.38 bits per heavy atom. The topological polar surface area (TPSA) is 52.0 Å². The van der Waals surface area contributed by atoms with E-state index in [1.807, 2.05) is 12.1 Å². The van der Waals surface area contributed by atoms with Crippen LogP contribution in [0.15, 0.2) is 35.6 Å². The Labute approximate surface area is 75.9 Å². The van der Waals surface area contributed by atoms with Crippen molar-refractivity contribution in [3.63, 3.8) is 0 Å². The molecule has 3 heteroatoms. The van der Waals surface area contributed by atoms with Gasteiger partial charge < -0.3 is 10.2 Å². The molecule has 2 aromatic heterocycles. The Morgan fingerprint density at radius 1 is 1.54 bits per heavy atom. The van der Waals surface area contributed by atoms with Crippen molar-refractivity contribution >= 4 is 16.7 Å². The lowest BCUT2D eigenvalue weighted by molar-refractivity contribution is 0.614. The van der Waals surface area contributed by atoms with E-state index in [2.05, 4.69) is 11.6 Å². The molecule has 0 saturated heterocycles. The van der Waals surface area contributed by atoms with E-state index in [0.717, 1.165) is 22.2 Å². The monoisotopic (exact) mass is 174 g/mol. The van der Waals surface area contributed by atoms with E-state index in [4.69, 9.17) is 10.2 Å². The van der Waals surface area contributed by atoms with Crippen LogP contribution >= 0.6 is 0 Å². The third-order valence-electron chi connectivity index (χ3n) is 1.97. The van der Waals surface area contributed by atoms with Gasteiger partial charge in [-0.2, -0.15) is 0 Å². The summed E-state index contributed by atoms with van der Waals surface area (Å²) >= 11 is 0. The molecule has 0 aromatic carbocycles. The zero-order valence-corrected chi connectivity index (χ0v) is 7.16. The Bertz CT molecular complexity index is 445. The fraction of sp³-hybridized carbons (Fsp3) is 0.100. The van der Waals surface area contributed by atoms with Gasteiger partial charge in [-0.1, -0.05) is 6.58 Å². The first-order chi connectivity index (χ1) is 6.33. The number of aromatic nitrogens is 1. The van der Waals surface area contributed by atoms with E-state index < -0.39 is 0 Å². The van der Waals surface area contributed by atoms with Crippen LogP contribution in [-0.2, 0) is 0 Å². The van der Waals surface area contributed by atoms with Gasteiger partial charge in [0.1, 0.15) is 5.52 Å². The molecule has 2 N–H and O–H groups in total. The number of nitrogens with two attached hydrogens (primary N) is 1. The van der Waals surface area contributed by atoms with Crippen molar-refractivity contribution < 1.29 is 4.42 Å². The van der Waals surface area contributed by atoms with Crippen LogP contribution < -0.4 is 5.73 Å². The molecule has 0 unspecified atom stereocenters. The second-order valence-corrected chi connectivity index (χ2v) is 2.80. The zero-order chi connectivity index (χ0) is 9.26. The molecule has 2 aromatic rings. The Kier molecular flexibility index (Phi) is 1.87. The summed E-state index contributed by atoms with van der Waals surface area (Å²) in [4.78, 5) is 4.14. The lowest BCUT2D eigenvalue weighted by atomic mass is 10.1. The average Bonchev–Trinajstić information content (AvgIpc) is 2.63. The Morgan fingerprint density at radius 3 is 3.15 bits per heavy atom. The molecule has 0 spiro atoms. The number of fused-ring (bicyclic) bond motifs is 1. The summed E-state index contributed by atoms with van der Waals surface area (Å²) in [6.07, 6.45) is 3.35. The van der Waals surface area contributed by atoms with Crippen LogP contribution in [0.3, 0.4) is 0 Å². The van der Waals surface area contributed by atoms with E-state index in [1.165, 1.54) is 0 Å². The molecular formula is C10H10N2O. The van der Waals surface area contributed by atoms with Gasteiger partial charge in [0.05, 0.1) is 6.26 Å². The van der Waals surface area contributed by atoms with Crippen molar-refractivity contribution in [2.75, 3.05) is 6.54 Å². The minimum atomic E-state index is 0.430. The fourth-order valence-electron chi connectivity index (χ4n) is 1.26. The van der Waals surface area contributed by atoms with Crippen LogP contribution in [0.2, 0.25) is 0 Å². The van der Waals surface area contributed by atoms with Crippen molar-refractivity contribution in [3.05, 3.63) is 36.7 Å². The number of pyridine rings is 1. The van der Waals surface area contributed by atoms with E-state index >= 15 is 0 Å². The molecule has 2 rings (SSSR count). The van der Waals surface area contributed by atoms with Gasteiger partial charge in [-0.25, -0.2) is 0 Å². The largest absolute Gasteiger partial charge is 0.462 e. The quantitative estimate of drug-likeness (QED) is 0.755. The molecule has 0 aliphatic carbocycles. The number of rotatable bonds is 2. The first-order valence-electron chi connectivity index (χ1n) is 4.03. The predicted octanol–water partition coefficient (Wildman–Crippen LogP) is 1.80. The van der Waals surface area contributed by atoms with Gasteiger partial charge in [0, 0.05) is 24.4 Å². The highest BCUT2D eigenvalue weighted by molar-refractivity contribution is 5.86. The molecule has 0 atom stereocenters. The van der Waals surface area contributed by atoms with Crippen molar-refractivity contribution in [2.45, 2.75) is 0 Å². The fourth-order valence-corrected chi connectivity index (χ4v) is 1.26. The molecule has 0 amide bonds. The van der Waals surface area contributed by atoms with Gasteiger partial charge in [0.2, 0.25) is 0 Å². The molecular weight excluding hydrogens is 164 g/mol. The molecule has 0 aliphatic heterocycles. The predicted molar refractivity (Wildman–Crippen MR) is 52.1 cm³/mol. The van der Waals surface area contributed by atoms with Crippen molar-refractivity contribution in [3.8, 4) is 0 Å². The molecule has 0 saturated carbocycles. The molecule has 13 heavy (non-hydrogen) atoms. The lowest BCUT2D eigenvalue weighted by Crippen LogP contribution is -2.01. The first-order valence-corrected chi connectivity index (χ1v) is 4.03. The van der Waals surface area contributed by atoms with Gasteiger partial charge in [0.25, 0.3) is 0 Å². The SMILES string of the molecule is C=C(CN)c1ccnc2ccoc12. The summed E-state index contributed by atoms with van der Waals surface area (Å²) in [6, 6.07) is 3.68. The number of furan rings is 1. The molecule has 0 aliphatic rings. The molecule has 66 valence electrons. The van der Waals surface area contributed by atoms with Gasteiger partial charge in [-0.05, 0) is 11.6 Å². The number of nitrogens with zero attached hydrogens (tertiary/aromatic N) is 1. The van der Waals surface area contributed by atoms with E-state index in [9.17, 15) is 0 Å². The third-order valence-corrected chi connectivity index (χ3v) is 1.97. The van der Waals surface area contributed by atoms with Gasteiger partial charge in [-0.15, -0.1) is 0 Å². The van der Waals surface area contributed by atoms with Crippen LogP contribution in [0, 0.1) is 0 Å². The minimum Gasteiger partial charge on any atom is -0.462 e. The van der Waals surface area contributed by atoms with Crippen molar-refractivity contribution in [2.24, 2.45) is 5.73 Å². The molecule has 0 bridgehead atoms. The number of hydrogen-bond acceptors (Lipinski definition) is 3. The highest BCUT2D eigenvalue weighted by atomic mass is 16.3. The molecule has 0 fully saturated rings. The standard InChI is InChI=1S/C10H10N2O/c1-7(6-11)8-2-4-12-9-3-5-13-10(8)9/h2-5H,1,6,11H2. The van der Waals surface area contributed by atoms with Crippen LogP contribution in [-0.4, -0.2) is 11.5 Å². The second kappa shape index (κ2) is 3.03. The van der Waals surface area contributed by atoms with Crippen LogP contribution in [0.4, 0.5) is 0 Å². The van der Waals surface area contributed by atoms with E-state index in [0.29, 0.717) is 6.54 Å². The van der Waals surface area contributed by atoms with E-state index in [1.54, 1.807) is 12.5 Å². The van der Waals surface area contributed by atoms with Crippen LogP contribution in [0.1, 0.15) is 5.56 Å². The highest BCUT2D eigenvalue weighted by Crippen LogP contribution is 2.22. The second-order valence-electron chi connectivity index (χ2n) is 2.80.